The molecule has 0 bridgehead atoms. The Balaban J connectivity index is 1.42. The van der Waals surface area contributed by atoms with Crippen LogP contribution in [0.1, 0.15) is 40.4 Å². The number of fused-ring (bicyclic) bond motifs is 1. The van der Waals surface area contributed by atoms with Gasteiger partial charge in [0.2, 0.25) is 5.91 Å². The second-order valence-corrected chi connectivity index (χ2v) is 7.32. The van der Waals surface area contributed by atoms with Gasteiger partial charge in [0.25, 0.3) is 5.91 Å². The van der Waals surface area contributed by atoms with Crippen LogP contribution in [0.3, 0.4) is 0 Å². The molecule has 3 aromatic rings. The Hall–Kier alpha value is -3.68. The maximum absolute atomic E-state index is 12.9. The molecule has 1 aliphatic rings. The predicted molar refractivity (Wildman–Crippen MR) is 110 cm³/mol. The van der Waals surface area contributed by atoms with Crippen LogP contribution in [-0.2, 0) is 24.3 Å². The molecule has 2 N–H and O–H groups in total. The second kappa shape index (κ2) is 8.36. The normalized spacial score (nSPS) is 15.5. The van der Waals surface area contributed by atoms with Crippen LogP contribution in [-0.4, -0.2) is 42.9 Å². The largest absolute Gasteiger partial charge is 0.508 e. The smallest absolute Gasteiger partial charge is 0.254 e. The predicted octanol–water partition coefficient (Wildman–Crippen LogP) is 2.06. The van der Waals surface area contributed by atoms with E-state index in [1.807, 2.05) is 29.8 Å². The van der Waals surface area contributed by atoms with Crippen LogP contribution in [0, 0.1) is 0 Å². The summed E-state index contributed by atoms with van der Waals surface area (Å²) in [6.45, 7) is 3.48. The highest BCUT2D eigenvalue weighted by Gasteiger charge is 2.30. The fourth-order valence-corrected chi connectivity index (χ4v) is 3.64. The summed E-state index contributed by atoms with van der Waals surface area (Å²) in [6, 6.07) is 9.84. The fraction of sp³-hybridized carbons (Fsp3) is 0.273. The summed E-state index contributed by atoms with van der Waals surface area (Å²) in [5.74, 6) is 0.550. The van der Waals surface area contributed by atoms with Crippen molar-refractivity contribution < 1.29 is 14.7 Å². The summed E-state index contributed by atoms with van der Waals surface area (Å²) >= 11 is 0. The zero-order chi connectivity index (χ0) is 21.1. The molecule has 0 spiro atoms. The number of nitrogens with one attached hydrogen (secondary N) is 1. The summed E-state index contributed by atoms with van der Waals surface area (Å²) in [7, 11) is 0. The van der Waals surface area contributed by atoms with E-state index in [-0.39, 0.29) is 30.0 Å². The van der Waals surface area contributed by atoms with Gasteiger partial charge in [0.05, 0.1) is 18.2 Å². The number of benzene rings is 1. The third kappa shape index (κ3) is 4.17. The van der Waals surface area contributed by atoms with Crippen LogP contribution >= 0.6 is 0 Å². The third-order valence-corrected chi connectivity index (χ3v) is 5.19. The van der Waals surface area contributed by atoms with Gasteiger partial charge in [-0.2, -0.15) is 0 Å². The highest BCUT2D eigenvalue weighted by molar-refractivity contribution is 5.94. The molecule has 8 nitrogen and oxygen atoms in total. The average Bonchev–Trinajstić information content (AvgIpc) is 3.16. The number of phenols is 1. The summed E-state index contributed by atoms with van der Waals surface area (Å²) in [5, 5.41) is 12.5. The van der Waals surface area contributed by atoms with Crippen molar-refractivity contribution in [3.8, 4) is 5.75 Å². The SMILES string of the molecule is C[C@H]1c2nc(CC(=O)NCc3cccnc3)cn2CCN1C(=O)c1cccc(O)c1. The molecule has 4 rings (SSSR count). The molecule has 1 aliphatic heterocycles. The molecule has 1 atom stereocenters. The van der Waals surface area contributed by atoms with E-state index in [1.165, 1.54) is 12.1 Å². The number of phenolic OH excluding ortho intramolecular Hbond substituents is 1. The number of rotatable bonds is 5. The van der Waals surface area contributed by atoms with E-state index in [0.29, 0.717) is 30.9 Å². The molecule has 2 aromatic heterocycles. The minimum absolute atomic E-state index is 0.0617. The van der Waals surface area contributed by atoms with Gasteiger partial charge < -0.3 is 19.9 Å². The van der Waals surface area contributed by atoms with Crippen molar-refractivity contribution in [1.82, 2.24) is 24.8 Å². The van der Waals surface area contributed by atoms with Gasteiger partial charge in [0.15, 0.2) is 0 Å². The number of aromatic hydroxyl groups is 1. The van der Waals surface area contributed by atoms with E-state index in [2.05, 4.69) is 15.3 Å². The van der Waals surface area contributed by atoms with Crippen LogP contribution in [0.5, 0.6) is 5.75 Å². The van der Waals surface area contributed by atoms with E-state index in [0.717, 1.165) is 11.4 Å². The first-order valence-corrected chi connectivity index (χ1v) is 9.83. The lowest BCUT2D eigenvalue weighted by Gasteiger charge is -2.33. The standard InChI is InChI=1S/C22H23N5O3/c1-15-21-25-18(11-20(29)24-13-16-4-3-7-23-12-16)14-26(21)8-9-27(15)22(30)17-5-2-6-19(28)10-17/h2-7,10,12,14-15,28H,8-9,11,13H2,1H3,(H,24,29)/t15-/m0/s1. The molecule has 2 amide bonds. The van der Waals surface area contributed by atoms with Crippen LogP contribution < -0.4 is 5.32 Å². The first-order chi connectivity index (χ1) is 14.5. The Labute approximate surface area is 174 Å². The van der Waals surface area contributed by atoms with Gasteiger partial charge in [0.1, 0.15) is 11.6 Å². The van der Waals surface area contributed by atoms with E-state index in [4.69, 9.17) is 0 Å². The Morgan fingerprint density at radius 2 is 2.10 bits per heavy atom. The summed E-state index contributed by atoms with van der Waals surface area (Å²) in [4.78, 5) is 35.6. The van der Waals surface area contributed by atoms with Gasteiger partial charge in [-0.1, -0.05) is 12.1 Å². The summed E-state index contributed by atoms with van der Waals surface area (Å²) in [6.07, 6.45) is 5.46. The van der Waals surface area contributed by atoms with Crippen LogP contribution in [0.2, 0.25) is 0 Å². The Morgan fingerprint density at radius 3 is 2.87 bits per heavy atom. The third-order valence-electron chi connectivity index (χ3n) is 5.19. The van der Waals surface area contributed by atoms with E-state index >= 15 is 0 Å². The quantitative estimate of drug-likeness (QED) is 0.677. The molecule has 0 fully saturated rings. The van der Waals surface area contributed by atoms with Crippen molar-refractivity contribution in [2.45, 2.75) is 32.5 Å². The molecule has 8 heteroatoms. The van der Waals surface area contributed by atoms with Crippen LogP contribution in [0.4, 0.5) is 0 Å². The maximum Gasteiger partial charge on any atom is 0.254 e. The average molecular weight is 405 g/mol. The zero-order valence-electron chi connectivity index (χ0n) is 16.7. The number of hydrogen-bond donors (Lipinski definition) is 2. The molecule has 3 heterocycles. The number of carbonyl (C=O) groups is 2. The van der Waals surface area contributed by atoms with Crippen LogP contribution in [0.25, 0.3) is 0 Å². The number of nitrogens with zero attached hydrogens (tertiary/aromatic N) is 4. The van der Waals surface area contributed by atoms with Gasteiger partial charge in [-0.05, 0) is 36.8 Å². The maximum atomic E-state index is 12.9. The lowest BCUT2D eigenvalue weighted by molar-refractivity contribution is -0.120. The molecule has 154 valence electrons. The lowest BCUT2D eigenvalue weighted by Crippen LogP contribution is -2.41. The molecule has 30 heavy (non-hydrogen) atoms. The Morgan fingerprint density at radius 1 is 1.23 bits per heavy atom. The lowest BCUT2D eigenvalue weighted by atomic mass is 10.1. The van der Waals surface area contributed by atoms with Gasteiger partial charge in [-0.25, -0.2) is 4.98 Å². The Bertz CT molecular complexity index is 1060. The number of aromatic nitrogens is 3. The molecule has 0 radical (unpaired) electrons. The first-order valence-electron chi connectivity index (χ1n) is 9.83. The molecular weight excluding hydrogens is 382 g/mol. The number of imidazole rings is 1. The van der Waals surface area contributed by atoms with E-state index in [9.17, 15) is 14.7 Å². The minimum Gasteiger partial charge on any atom is -0.508 e. The van der Waals surface area contributed by atoms with Gasteiger partial charge in [-0.15, -0.1) is 0 Å². The number of amides is 2. The molecule has 0 saturated heterocycles. The van der Waals surface area contributed by atoms with Crippen molar-refractivity contribution in [3.05, 3.63) is 77.6 Å². The highest BCUT2D eigenvalue weighted by atomic mass is 16.3. The zero-order valence-corrected chi connectivity index (χ0v) is 16.7. The monoisotopic (exact) mass is 405 g/mol. The van der Waals surface area contributed by atoms with Crippen molar-refractivity contribution in [3.63, 3.8) is 0 Å². The summed E-state index contributed by atoms with van der Waals surface area (Å²) in [5.41, 5.74) is 2.05. The van der Waals surface area contributed by atoms with Crippen molar-refractivity contribution in [2.75, 3.05) is 6.54 Å². The second-order valence-electron chi connectivity index (χ2n) is 7.32. The minimum atomic E-state index is -0.235. The van der Waals surface area contributed by atoms with Gasteiger partial charge >= 0.3 is 0 Å². The van der Waals surface area contributed by atoms with Crippen LogP contribution in [0.15, 0.2) is 55.0 Å². The van der Waals surface area contributed by atoms with E-state index in [1.54, 1.807) is 29.4 Å². The molecule has 0 saturated carbocycles. The summed E-state index contributed by atoms with van der Waals surface area (Å²) < 4.78 is 2.00. The van der Waals surface area contributed by atoms with Gasteiger partial charge in [-0.3, -0.25) is 14.6 Å². The molecular formula is C22H23N5O3. The topological polar surface area (TPSA) is 100 Å². The van der Waals surface area contributed by atoms with Crippen molar-refractivity contribution in [1.29, 1.82) is 0 Å². The number of pyridine rings is 1. The molecule has 0 aliphatic carbocycles. The first kappa shape index (κ1) is 19.6. The Kier molecular flexibility index (Phi) is 5.47. The highest BCUT2D eigenvalue weighted by Crippen LogP contribution is 2.27. The molecule has 0 unspecified atom stereocenters. The van der Waals surface area contributed by atoms with Crippen molar-refractivity contribution >= 4 is 11.8 Å². The fourth-order valence-electron chi connectivity index (χ4n) is 3.64. The van der Waals surface area contributed by atoms with E-state index < -0.39 is 0 Å². The number of carbonyl (C=O) groups excluding carboxylic acids is 2. The van der Waals surface area contributed by atoms with Crippen molar-refractivity contribution in [2.24, 2.45) is 0 Å². The number of hydrogen-bond acceptors (Lipinski definition) is 5. The van der Waals surface area contributed by atoms with Gasteiger partial charge in [0, 0.05) is 43.8 Å². The molecule has 1 aromatic carbocycles.